The molecule has 0 unspecified atom stereocenters. The van der Waals surface area contributed by atoms with Gasteiger partial charge in [-0.05, 0) is 20.3 Å². The van der Waals surface area contributed by atoms with E-state index in [9.17, 15) is 4.79 Å². The monoisotopic (exact) mass is 229 g/mol. The van der Waals surface area contributed by atoms with Crippen LogP contribution in [0.25, 0.3) is 0 Å². The van der Waals surface area contributed by atoms with Gasteiger partial charge in [0.2, 0.25) is 0 Å². The van der Waals surface area contributed by atoms with Crippen LogP contribution in [0, 0.1) is 0 Å². The second kappa shape index (κ2) is 4.22. The minimum absolute atomic E-state index is 0.0343. The van der Waals surface area contributed by atoms with E-state index in [1.54, 1.807) is 0 Å². The maximum atomic E-state index is 11.0. The number of ether oxygens (including phenoxy) is 3. The molecular weight excluding hydrogens is 210 g/mol. The molecule has 0 spiro atoms. The Bertz CT molecular complexity index is 279. The van der Waals surface area contributed by atoms with Gasteiger partial charge in [-0.2, -0.15) is 0 Å². The lowest BCUT2D eigenvalue weighted by Gasteiger charge is -2.20. The fraction of sp³-hybridized carbons (Fsp3) is 0.909. The van der Waals surface area contributed by atoms with Crippen molar-refractivity contribution in [2.24, 2.45) is 0 Å². The molecule has 1 amide bonds. The summed E-state index contributed by atoms with van der Waals surface area (Å²) in [5, 5.41) is 2.76. The van der Waals surface area contributed by atoms with Crippen molar-refractivity contribution in [3.63, 3.8) is 0 Å². The Kier molecular flexibility index (Phi) is 3.08. The molecule has 2 aliphatic rings. The molecule has 0 bridgehead atoms. The maximum Gasteiger partial charge on any atom is 0.407 e. The van der Waals surface area contributed by atoms with Gasteiger partial charge in [0, 0.05) is 0 Å². The van der Waals surface area contributed by atoms with E-state index in [1.165, 1.54) is 0 Å². The summed E-state index contributed by atoms with van der Waals surface area (Å²) in [6.07, 6.45) is 1.52. The molecule has 0 aromatic carbocycles. The molecular formula is C11H19NO4. The van der Waals surface area contributed by atoms with Crippen molar-refractivity contribution >= 4 is 6.09 Å². The third-order valence-electron chi connectivity index (χ3n) is 2.89. The lowest BCUT2D eigenvalue weighted by atomic mass is 10.0. The molecule has 3 atom stereocenters. The molecule has 2 heterocycles. The Morgan fingerprint density at radius 2 is 2.19 bits per heavy atom. The van der Waals surface area contributed by atoms with Crippen LogP contribution in [0.3, 0.4) is 0 Å². The van der Waals surface area contributed by atoms with Crippen molar-refractivity contribution in [1.82, 2.24) is 5.32 Å². The average molecular weight is 229 g/mol. The molecule has 2 fully saturated rings. The molecule has 0 radical (unpaired) electrons. The summed E-state index contributed by atoms with van der Waals surface area (Å²) >= 11 is 0. The third kappa shape index (κ3) is 2.30. The predicted molar refractivity (Wildman–Crippen MR) is 57.0 cm³/mol. The largest absolute Gasteiger partial charge is 0.447 e. The molecule has 92 valence electrons. The number of cyclic esters (lactones) is 1. The minimum Gasteiger partial charge on any atom is -0.447 e. The van der Waals surface area contributed by atoms with E-state index in [1.807, 2.05) is 13.8 Å². The molecule has 0 aromatic rings. The van der Waals surface area contributed by atoms with E-state index in [-0.39, 0.29) is 24.3 Å². The summed E-state index contributed by atoms with van der Waals surface area (Å²) in [5.41, 5.74) is 0. The average Bonchev–Trinajstić information content (AvgIpc) is 2.71. The van der Waals surface area contributed by atoms with Gasteiger partial charge in [0.15, 0.2) is 5.79 Å². The van der Waals surface area contributed by atoms with E-state index in [0.717, 1.165) is 12.8 Å². The van der Waals surface area contributed by atoms with Crippen molar-refractivity contribution in [3.8, 4) is 0 Å². The highest BCUT2D eigenvalue weighted by Gasteiger charge is 2.46. The number of amides is 1. The zero-order chi connectivity index (χ0) is 11.8. The first-order valence-corrected chi connectivity index (χ1v) is 5.81. The molecule has 2 saturated heterocycles. The van der Waals surface area contributed by atoms with Gasteiger partial charge >= 0.3 is 6.09 Å². The number of alkyl carbamates (subject to hydrolysis) is 1. The second-order valence-electron chi connectivity index (χ2n) is 4.78. The van der Waals surface area contributed by atoms with Crippen molar-refractivity contribution in [2.75, 3.05) is 6.61 Å². The van der Waals surface area contributed by atoms with Gasteiger partial charge in [0.25, 0.3) is 0 Å². The predicted octanol–water partition coefficient (Wildman–Crippen LogP) is 1.41. The van der Waals surface area contributed by atoms with Gasteiger partial charge in [0.1, 0.15) is 12.7 Å². The van der Waals surface area contributed by atoms with Gasteiger partial charge in [0.05, 0.1) is 12.1 Å². The maximum absolute atomic E-state index is 11.0. The van der Waals surface area contributed by atoms with Gasteiger partial charge < -0.3 is 19.5 Å². The lowest BCUT2D eigenvalue weighted by molar-refractivity contribution is -0.148. The first-order chi connectivity index (χ1) is 7.52. The topological polar surface area (TPSA) is 56.8 Å². The van der Waals surface area contributed by atoms with Crippen LogP contribution in [0.15, 0.2) is 0 Å². The summed E-state index contributed by atoms with van der Waals surface area (Å²) in [7, 11) is 0. The zero-order valence-electron chi connectivity index (χ0n) is 9.99. The summed E-state index contributed by atoms with van der Waals surface area (Å²) in [4.78, 5) is 11.0. The number of hydrogen-bond donors (Lipinski definition) is 1. The number of nitrogens with one attached hydrogen (secondary N) is 1. The Morgan fingerprint density at radius 3 is 2.75 bits per heavy atom. The fourth-order valence-electron chi connectivity index (χ4n) is 2.29. The summed E-state index contributed by atoms with van der Waals surface area (Å²) in [6, 6.07) is -0.0918. The summed E-state index contributed by atoms with van der Waals surface area (Å²) in [5.74, 6) is -0.572. The van der Waals surface area contributed by atoms with Crippen molar-refractivity contribution < 1.29 is 19.0 Å². The van der Waals surface area contributed by atoms with E-state index in [0.29, 0.717) is 6.61 Å². The van der Waals surface area contributed by atoms with Crippen LogP contribution < -0.4 is 5.32 Å². The van der Waals surface area contributed by atoms with Crippen molar-refractivity contribution in [3.05, 3.63) is 0 Å². The Labute approximate surface area is 95.4 Å². The van der Waals surface area contributed by atoms with Crippen LogP contribution in [-0.4, -0.2) is 36.7 Å². The molecule has 16 heavy (non-hydrogen) atoms. The first kappa shape index (κ1) is 11.7. The molecule has 1 N–H and O–H groups in total. The van der Waals surface area contributed by atoms with E-state index in [4.69, 9.17) is 14.2 Å². The standard InChI is InChI=1S/C11H19NO4/c1-4-5-8-9(16-11(2,3)15-8)7-6-14-10(13)12-7/h7-9H,4-6H2,1-3H3,(H,12,13)/t7-,8-,9+/m1/s1. The molecule has 0 aliphatic carbocycles. The molecule has 2 aliphatic heterocycles. The number of carbonyl (C=O) groups excluding carboxylic acids is 1. The zero-order valence-corrected chi connectivity index (χ0v) is 9.99. The van der Waals surface area contributed by atoms with Crippen LogP contribution in [0.5, 0.6) is 0 Å². The van der Waals surface area contributed by atoms with E-state index >= 15 is 0 Å². The van der Waals surface area contributed by atoms with E-state index in [2.05, 4.69) is 12.2 Å². The highest BCUT2D eigenvalue weighted by Crippen LogP contribution is 2.33. The normalized spacial score (nSPS) is 37.2. The smallest absolute Gasteiger partial charge is 0.407 e. The molecule has 5 nitrogen and oxygen atoms in total. The van der Waals surface area contributed by atoms with Gasteiger partial charge in [-0.15, -0.1) is 0 Å². The SMILES string of the molecule is CCC[C@H]1OC(C)(C)O[C@H]1[C@H]1COC(=O)N1. The summed E-state index contributed by atoms with van der Waals surface area (Å²) < 4.78 is 16.5. The Hall–Kier alpha value is -0.810. The summed E-state index contributed by atoms with van der Waals surface area (Å²) in [6.45, 7) is 6.26. The highest BCUT2D eigenvalue weighted by molar-refractivity contribution is 5.69. The third-order valence-corrected chi connectivity index (χ3v) is 2.89. The molecule has 2 rings (SSSR count). The second-order valence-corrected chi connectivity index (χ2v) is 4.78. The van der Waals surface area contributed by atoms with Crippen LogP contribution in [0.4, 0.5) is 4.79 Å². The van der Waals surface area contributed by atoms with Crippen LogP contribution in [0.2, 0.25) is 0 Å². The van der Waals surface area contributed by atoms with Crippen molar-refractivity contribution in [1.29, 1.82) is 0 Å². The highest BCUT2D eigenvalue weighted by atomic mass is 16.8. The number of rotatable bonds is 3. The minimum atomic E-state index is -0.572. The number of carbonyl (C=O) groups is 1. The van der Waals surface area contributed by atoms with Crippen LogP contribution in [0.1, 0.15) is 33.6 Å². The van der Waals surface area contributed by atoms with Crippen LogP contribution in [-0.2, 0) is 14.2 Å². The Morgan fingerprint density at radius 1 is 1.44 bits per heavy atom. The van der Waals surface area contributed by atoms with E-state index < -0.39 is 5.79 Å². The first-order valence-electron chi connectivity index (χ1n) is 5.81. The Balaban J connectivity index is 2.03. The van der Waals surface area contributed by atoms with Gasteiger partial charge in [-0.25, -0.2) is 4.79 Å². The van der Waals surface area contributed by atoms with Crippen molar-refractivity contribution in [2.45, 2.75) is 57.6 Å². The fourth-order valence-corrected chi connectivity index (χ4v) is 2.29. The molecule has 0 aromatic heterocycles. The number of hydrogen-bond acceptors (Lipinski definition) is 4. The molecule has 0 saturated carbocycles. The van der Waals surface area contributed by atoms with Crippen LogP contribution >= 0.6 is 0 Å². The van der Waals surface area contributed by atoms with Gasteiger partial charge in [-0.3, -0.25) is 0 Å². The quantitative estimate of drug-likeness (QED) is 0.795. The van der Waals surface area contributed by atoms with Gasteiger partial charge in [-0.1, -0.05) is 13.3 Å². The lowest BCUT2D eigenvalue weighted by Crippen LogP contribution is -2.43. The molecule has 5 heteroatoms.